The predicted octanol–water partition coefficient (Wildman–Crippen LogP) is 4.62. The molecule has 0 amide bonds. The van der Waals surface area contributed by atoms with Gasteiger partial charge in [-0.2, -0.15) is 4.31 Å². The number of nitrogens with zero attached hydrogens (tertiary/aromatic N) is 1. The van der Waals surface area contributed by atoms with Gasteiger partial charge in [0.05, 0.1) is 12.0 Å². The van der Waals surface area contributed by atoms with Crippen LogP contribution in [-0.4, -0.2) is 32.9 Å². The fraction of sp³-hybridized carbons (Fsp3) is 0.400. The molecule has 0 aliphatic carbocycles. The Hall–Kier alpha value is -1.56. The molecule has 0 radical (unpaired) electrons. The van der Waals surface area contributed by atoms with Crippen LogP contribution >= 0.6 is 11.6 Å². The predicted molar refractivity (Wildman–Crippen MR) is 105 cm³/mol. The van der Waals surface area contributed by atoms with E-state index >= 15 is 0 Å². The molecule has 0 saturated carbocycles. The lowest BCUT2D eigenvalue weighted by Crippen LogP contribution is -2.34. The van der Waals surface area contributed by atoms with E-state index in [2.05, 4.69) is 0 Å². The summed E-state index contributed by atoms with van der Waals surface area (Å²) in [7, 11) is -1.94. The Balaban J connectivity index is 1.88. The lowest BCUT2D eigenvalue weighted by atomic mass is 9.95. The molecular formula is C20H24ClNO3S. The van der Waals surface area contributed by atoms with Gasteiger partial charge in [-0.3, -0.25) is 0 Å². The van der Waals surface area contributed by atoms with Gasteiger partial charge in [0.2, 0.25) is 10.0 Å². The highest BCUT2D eigenvalue weighted by molar-refractivity contribution is 7.89. The molecule has 1 saturated heterocycles. The maximum absolute atomic E-state index is 13.2. The molecule has 1 atom stereocenters. The van der Waals surface area contributed by atoms with Gasteiger partial charge in [-0.25, -0.2) is 8.42 Å². The zero-order valence-electron chi connectivity index (χ0n) is 15.1. The average molecular weight is 394 g/mol. The van der Waals surface area contributed by atoms with Crippen LogP contribution in [0.1, 0.15) is 36.3 Å². The van der Waals surface area contributed by atoms with Gasteiger partial charge in [-0.05, 0) is 67.1 Å². The van der Waals surface area contributed by atoms with Gasteiger partial charge in [0.1, 0.15) is 5.75 Å². The molecule has 1 fully saturated rings. The summed E-state index contributed by atoms with van der Waals surface area (Å²) in [6.45, 7) is 2.91. The van der Waals surface area contributed by atoms with Gasteiger partial charge in [-0.15, -0.1) is 0 Å². The van der Waals surface area contributed by atoms with E-state index in [0.29, 0.717) is 28.8 Å². The maximum atomic E-state index is 13.2. The molecule has 0 spiro atoms. The third-order valence-electron chi connectivity index (χ3n) is 4.98. The van der Waals surface area contributed by atoms with Crippen LogP contribution in [0.4, 0.5) is 0 Å². The number of sulfonamides is 1. The lowest BCUT2D eigenvalue weighted by molar-refractivity contribution is 0.404. The molecule has 140 valence electrons. The Kier molecular flexibility index (Phi) is 5.90. The number of ether oxygens (including phenoxy) is 1. The minimum atomic E-state index is -3.53. The van der Waals surface area contributed by atoms with Gasteiger partial charge in [-0.1, -0.05) is 30.2 Å². The highest BCUT2D eigenvalue weighted by Gasteiger charge is 2.29. The number of aryl methyl sites for hydroxylation is 1. The van der Waals surface area contributed by atoms with Crippen molar-refractivity contribution in [3.8, 4) is 5.75 Å². The Morgan fingerprint density at radius 2 is 1.85 bits per heavy atom. The quantitative estimate of drug-likeness (QED) is 0.761. The number of halogens is 1. The number of rotatable bonds is 4. The van der Waals surface area contributed by atoms with Crippen LogP contribution in [0.5, 0.6) is 5.75 Å². The van der Waals surface area contributed by atoms with E-state index in [1.54, 1.807) is 29.6 Å². The third-order valence-corrected chi connectivity index (χ3v) is 7.09. The van der Waals surface area contributed by atoms with Gasteiger partial charge in [0.15, 0.2) is 0 Å². The molecule has 6 heteroatoms. The van der Waals surface area contributed by atoms with Gasteiger partial charge >= 0.3 is 0 Å². The van der Waals surface area contributed by atoms with Gasteiger partial charge in [0.25, 0.3) is 0 Å². The summed E-state index contributed by atoms with van der Waals surface area (Å²) in [5, 5.41) is 0.695. The van der Waals surface area contributed by atoms with Crippen molar-refractivity contribution in [1.82, 2.24) is 4.31 Å². The molecule has 2 aromatic carbocycles. The molecule has 0 bridgehead atoms. The van der Waals surface area contributed by atoms with Crippen molar-refractivity contribution in [2.75, 3.05) is 20.2 Å². The Morgan fingerprint density at radius 3 is 2.50 bits per heavy atom. The van der Waals surface area contributed by atoms with Gasteiger partial charge in [0, 0.05) is 18.1 Å². The van der Waals surface area contributed by atoms with Crippen LogP contribution in [0.15, 0.2) is 47.4 Å². The van der Waals surface area contributed by atoms with Crippen molar-refractivity contribution in [3.05, 3.63) is 58.6 Å². The van der Waals surface area contributed by atoms with Gasteiger partial charge < -0.3 is 4.74 Å². The van der Waals surface area contributed by atoms with Crippen molar-refractivity contribution in [1.29, 1.82) is 0 Å². The van der Waals surface area contributed by atoms with E-state index in [-0.39, 0.29) is 5.92 Å². The molecule has 0 aromatic heterocycles. The van der Waals surface area contributed by atoms with Crippen molar-refractivity contribution in [2.45, 2.75) is 37.0 Å². The molecule has 1 unspecified atom stereocenters. The Bertz CT molecular complexity index is 865. The molecule has 26 heavy (non-hydrogen) atoms. The van der Waals surface area contributed by atoms with E-state index in [9.17, 15) is 8.42 Å². The molecule has 1 aliphatic heterocycles. The molecule has 4 nitrogen and oxygen atoms in total. The minimum absolute atomic E-state index is 0.184. The van der Waals surface area contributed by atoms with Crippen LogP contribution in [0.2, 0.25) is 5.02 Å². The first-order valence-electron chi connectivity index (χ1n) is 8.82. The van der Waals surface area contributed by atoms with E-state index in [1.807, 2.05) is 31.2 Å². The third kappa shape index (κ3) is 4.05. The highest BCUT2D eigenvalue weighted by Crippen LogP contribution is 2.31. The minimum Gasteiger partial charge on any atom is -0.496 e. The summed E-state index contributed by atoms with van der Waals surface area (Å²) in [4.78, 5) is 0.326. The molecule has 0 N–H and O–H groups in total. The standard InChI is InChI=1S/C20H24ClNO3S/c1-15-13-19(10-11-20(15)25-2)26(23,24)22-12-4-3-5-17(14-22)16-6-8-18(21)9-7-16/h6-11,13,17H,3-5,12,14H2,1-2H3. The summed E-state index contributed by atoms with van der Waals surface area (Å²) in [5.41, 5.74) is 1.96. The van der Waals surface area contributed by atoms with E-state index in [0.717, 1.165) is 30.4 Å². The topological polar surface area (TPSA) is 46.6 Å². The normalized spacial score (nSPS) is 19.1. The fourth-order valence-corrected chi connectivity index (χ4v) is 5.23. The SMILES string of the molecule is COc1ccc(S(=O)(=O)N2CCCCC(c3ccc(Cl)cc3)C2)cc1C. The maximum Gasteiger partial charge on any atom is 0.243 e. The first kappa shape index (κ1) is 19.2. The van der Waals surface area contributed by atoms with E-state index in [1.165, 1.54) is 0 Å². The second kappa shape index (κ2) is 7.99. The Morgan fingerprint density at radius 1 is 1.12 bits per heavy atom. The molecule has 1 aliphatic rings. The second-order valence-corrected chi connectivity index (χ2v) is 9.11. The monoisotopic (exact) mass is 393 g/mol. The van der Waals surface area contributed by atoms with E-state index in [4.69, 9.17) is 16.3 Å². The largest absolute Gasteiger partial charge is 0.496 e. The summed E-state index contributed by atoms with van der Waals surface area (Å²) in [6.07, 6.45) is 2.87. The lowest BCUT2D eigenvalue weighted by Gasteiger charge is -2.24. The highest BCUT2D eigenvalue weighted by atomic mass is 35.5. The smallest absolute Gasteiger partial charge is 0.243 e. The van der Waals surface area contributed by atoms with Crippen LogP contribution in [-0.2, 0) is 10.0 Å². The summed E-state index contributed by atoms with van der Waals surface area (Å²) in [5.74, 6) is 0.878. The molecule has 3 rings (SSSR count). The summed E-state index contributed by atoms with van der Waals surface area (Å²) >= 11 is 5.99. The van der Waals surface area contributed by atoms with Crippen LogP contribution < -0.4 is 4.74 Å². The van der Waals surface area contributed by atoms with Crippen LogP contribution in [0, 0.1) is 6.92 Å². The summed E-state index contributed by atoms with van der Waals surface area (Å²) in [6, 6.07) is 12.8. The number of hydrogen-bond donors (Lipinski definition) is 0. The molecule has 2 aromatic rings. The van der Waals surface area contributed by atoms with Crippen molar-refractivity contribution < 1.29 is 13.2 Å². The number of methoxy groups -OCH3 is 1. The van der Waals surface area contributed by atoms with Crippen LogP contribution in [0.25, 0.3) is 0 Å². The average Bonchev–Trinajstić information content (AvgIpc) is 2.89. The molecule has 1 heterocycles. The van der Waals surface area contributed by atoms with Crippen LogP contribution in [0.3, 0.4) is 0 Å². The zero-order valence-corrected chi connectivity index (χ0v) is 16.7. The van der Waals surface area contributed by atoms with E-state index < -0.39 is 10.0 Å². The Labute approximate surface area is 160 Å². The van der Waals surface area contributed by atoms with Crippen molar-refractivity contribution in [3.63, 3.8) is 0 Å². The molecular weight excluding hydrogens is 370 g/mol. The second-order valence-electron chi connectivity index (χ2n) is 6.74. The van der Waals surface area contributed by atoms with Crippen molar-refractivity contribution >= 4 is 21.6 Å². The number of benzene rings is 2. The fourth-order valence-electron chi connectivity index (χ4n) is 3.49. The first-order valence-corrected chi connectivity index (χ1v) is 10.6. The zero-order chi connectivity index (χ0) is 18.7. The van der Waals surface area contributed by atoms with Crippen molar-refractivity contribution in [2.24, 2.45) is 0 Å². The first-order chi connectivity index (χ1) is 12.4. The summed E-state index contributed by atoms with van der Waals surface area (Å²) < 4.78 is 33.2. The number of hydrogen-bond acceptors (Lipinski definition) is 3.